The molecule has 9 heteroatoms. The normalized spacial score (nSPS) is 14.2. The van der Waals surface area contributed by atoms with Crippen molar-refractivity contribution in [3.05, 3.63) is 41.7 Å². The minimum absolute atomic E-state index is 0.102. The zero-order valence-corrected chi connectivity index (χ0v) is 16.5. The third kappa shape index (κ3) is 5.85. The first-order valence-electron chi connectivity index (χ1n) is 8.97. The second kappa shape index (κ2) is 8.92. The number of carbonyl (C=O) groups is 3. The van der Waals surface area contributed by atoms with E-state index in [-0.39, 0.29) is 29.5 Å². The van der Waals surface area contributed by atoms with Crippen molar-refractivity contribution in [3.63, 3.8) is 0 Å². The third-order valence-corrected chi connectivity index (χ3v) is 5.18. The molecule has 0 spiro atoms. The molecule has 1 atom stereocenters. The van der Waals surface area contributed by atoms with Gasteiger partial charge in [0.25, 0.3) is 5.91 Å². The van der Waals surface area contributed by atoms with E-state index >= 15 is 0 Å². The molecule has 0 saturated heterocycles. The van der Waals surface area contributed by atoms with Crippen LogP contribution in [0.4, 0.5) is 11.5 Å². The van der Waals surface area contributed by atoms with Gasteiger partial charge in [-0.3, -0.25) is 14.4 Å². The first kappa shape index (κ1) is 19.9. The Morgan fingerprint density at radius 3 is 2.71 bits per heavy atom. The lowest BCUT2D eigenvalue weighted by atomic mass is 10.2. The summed E-state index contributed by atoms with van der Waals surface area (Å²) in [6, 6.07) is 8.69. The molecule has 3 N–H and O–H groups in total. The van der Waals surface area contributed by atoms with Crippen LogP contribution in [0.3, 0.4) is 0 Å². The first-order valence-corrected chi connectivity index (χ1v) is 10.0. The second-order valence-electron chi connectivity index (χ2n) is 6.64. The molecule has 1 unspecified atom stereocenters. The number of hydrogen-bond acceptors (Lipinski definition) is 6. The maximum atomic E-state index is 12.2. The van der Waals surface area contributed by atoms with Gasteiger partial charge in [0.1, 0.15) is 5.76 Å². The van der Waals surface area contributed by atoms with Gasteiger partial charge in [0, 0.05) is 23.4 Å². The maximum Gasteiger partial charge on any atom is 0.251 e. The molecular formula is C19H22N4O4S. The van der Waals surface area contributed by atoms with Crippen LogP contribution in [0, 0.1) is 6.92 Å². The number of nitrogens with one attached hydrogen (secondary N) is 3. The number of rotatable bonds is 8. The van der Waals surface area contributed by atoms with E-state index in [9.17, 15) is 14.4 Å². The van der Waals surface area contributed by atoms with Gasteiger partial charge in [-0.05, 0) is 44.9 Å². The largest absolute Gasteiger partial charge is 0.360 e. The average molecular weight is 402 g/mol. The van der Waals surface area contributed by atoms with Gasteiger partial charge in [-0.15, -0.1) is 11.8 Å². The fourth-order valence-corrected chi connectivity index (χ4v) is 3.05. The molecule has 1 fully saturated rings. The van der Waals surface area contributed by atoms with E-state index < -0.39 is 5.25 Å². The summed E-state index contributed by atoms with van der Waals surface area (Å²) >= 11 is 1.20. The summed E-state index contributed by atoms with van der Waals surface area (Å²) < 4.78 is 4.90. The van der Waals surface area contributed by atoms with Gasteiger partial charge in [0.05, 0.1) is 11.0 Å². The molecule has 3 amide bonds. The van der Waals surface area contributed by atoms with Crippen molar-refractivity contribution in [2.24, 2.45) is 0 Å². The fraction of sp³-hybridized carbons (Fsp3) is 0.368. The lowest BCUT2D eigenvalue weighted by Gasteiger charge is -2.11. The molecule has 8 nitrogen and oxygen atoms in total. The van der Waals surface area contributed by atoms with Crippen LogP contribution < -0.4 is 16.0 Å². The van der Waals surface area contributed by atoms with E-state index in [1.54, 1.807) is 44.2 Å². The van der Waals surface area contributed by atoms with Crippen LogP contribution in [0.5, 0.6) is 0 Å². The van der Waals surface area contributed by atoms with Crippen LogP contribution in [-0.4, -0.2) is 39.9 Å². The third-order valence-electron chi connectivity index (χ3n) is 4.03. The lowest BCUT2D eigenvalue weighted by molar-refractivity contribution is -0.115. The average Bonchev–Trinajstić information content (AvgIpc) is 3.39. The van der Waals surface area contributed by atoms with Crippen LogP contribution in [0.2, 0.25) is 0 Å². The van der Waals surface area contributed by atoms with E-state index in [1.165, 1.54) is 11.8 Å². The summed E-state index contributed by atoms with van der Waals surface area (Å²) in [4.78, 5) is 36.4. The monoisotopic (exact) mass is 402 g/mol. The van der Waals surface area contributed by atoms with Crippen molar-refractivity contribution in [1.82, 2.24) is 10.5 Å². The molecule has 1 aromatic heterocycles. The molecule has 1 aliphatic carbocycles. The number of hydrogen-bond donors (Lipinski definition) is 3. The number of benzene rings is 1. The summed E-state index contributed by atoms with van der Waals surface area (Å²) in [5, 5.41) is 11.6. The fourth-order valence-electron chi connectivity index (χ4n) is 2.36. The Labute approximate surface area is 166 Å². The van der Waals surface area contributed by atoms with Crippen LogP contribution >= 0.6 is 11.8 Å². The topological polar surface area (TPSA) is 113 Å². The maximum absolute atomic E-state index is 12.2. The number of aryl methyl sites for hydroxylation is 1. The molecule has 0 bridgehead atoms. The SMILES string of the molecule is Cc1cc(NC(=O)C(C)SCC(=O)Nc2cccc(C(=O)NC3CC3)c2)no1. The zero-order valence-electron chi connectivity index (χ0n) is 15.7. The Morgan fingerprint density at radius 1 is 1.25 bits per heavy atom. The molecule has 148 valence electrons. The van der Waals surface area contributed by atoms with Crippen LogP contribution in [0.1, 0.15) is 35.9 Å². The Bertz CT molecular complexity index is 878. The van der Waals surface area contributed by atoms with Gasteiger partial charge in [-0.2, -0.15) is 0 Å². The quantitative estimate of drug-likeness (QED) is 0.625. The van der Waals surface area contributed by atoms with E-state index in [2.05, 4.69) is 21.1 Å². The van der Waals surface area contributed by atoms with Crippen LogP contribution in [0.25, 0.3) is 0 Å². The standard InChI is InChI=1S/C19H22N4O4S/c1-11-8-16(23-27-11)22-18(25)12(2)28-10-17(24)20-15-5-3-4-13(9-15)19(26)21-14-6-7-14/h3-5,8-9,12,14H,6-7,10H2,1-2H3,(H,20,24)(H,21,26)(H,22,23,25). The number of carbonyl (C=O) groups excluding carboxylic acids is 3. The second-order valence-corrected chi connectivity index (χ2v) is 7.97. The van der Waals surface area contributed by atoms with E-state index in [1.807, 2.05) is 0 Å². The smallest absolute Gasteiger partial charge is 0.251 e. The van der Waals surface area contributed by atoms with Crippen molar-refractivity contribution in [2.75, 3.05) is 16.4 Å². The summed E-state index contributed by atoms with van der Waals surface area (Å²) in [6.45, 7) is 3.44. The first-order chi connectivity index (χ1) is 13.4. The van der Waals surface area contributed by atoms with E-state index in [0.717, 1.165) is 12.8 Å². The Hall–Kier alpha value is -2.81. The van der Waals surface area contributed by atoms with Crippen molar-refractivity contribution in [2.45, 2.75) is 38.0 Å². The Balaban J connectivity index is 1.45. The number of aromatic nitrogens is 1. The highest BCUT2D eigenvalue weighted by atomic mass is 32.2. The van der Waals surface area contributed by atoms with Gasteiger partial charge < -0.3 is 20.5 Å². The van der Waals surface area contributed by atoms with Crippen molar-refractivity contribution in [3.8, 4) is 0 Å². The van der Waals surface area contributed by atoms with Gasteiger partial charge in [-0.1, -0.05) is 11.2 Å². The Morgan fingerprint density at radius 2 is 2.04 bits per heavy atom. The van der Waals surface area contributed by atoms with Crippen molar-refractivity contribution >= 4 is 41.0 Å². The minimum atomic E-state index is -0.446. The van der Waals surface area contributed by atoms with Crippen molar-refractivity contribution < 1.29 is 18.9 Å². The molecule has 1 heterocycles. The number of amides is 3. The highest BCUT2D eigenvalue weighted by Crippen LogP contribution is 2.20. The van der Waals surface area contributed by atoms with E-state index in [0.29, 0.717) is 22.8 Å². The molecule has 1 saturated carbocycles. The van der Waals surface area contributed by atoms with Gasteiger partial charge >= 0.3 is 0 Å². The lowest BCUT2D eigenvalue weighted by Crippen LogP contribution is -2.26. The van der Waals surface area contributed by atoms with E-state index in [4.69, 9.17) is 4.52 Å². The summed E-state index contributed by atoms with van der Waals surface area (Å²) in [7, 11) is 0. The highest BCUT2D eigenvalue weighted by Gasteiger charge is 2.24. The molecule has 0 radical (unpaired) electrons. The minimum Gasteiger partial charge on any atom is -0.360 e. The molecule has 2 aromatic rings. The summed E-state index contributed by atoms with van der Waals surface area (Å²) in [5.74, 6) is 0.405. The molecule has 0 aliphatic heterocycles. The molecule has 28 heavy (non-hydrogen) atoms. The number of nitrogens with zero attached hydrogens (tertiary/aromatic N) is 1. The predicted molar refractivity (Wildman–Crippen MR) is 107 cm³/mol. The number of thioether (sulfide) groups is 1. The summed E-state index contributed by atoms with van der Waals surface area (Å²) in [5.41, 5.74) is 1.05. The van der Waals surface area contributed by atoms with Gasteiger partial charge in [0.2, 0.25) is 11.8 Å². The molecule has 1 aliphatic rings. The summed E-state index contributed by atoms with van der Waals surface area (Å²) in [6.07, 6.45) is 2.03. The van der Waals surface area contributed by atoms with Gasteiger partial charge in [0.15, 0.2) is 5.82 Å². The highest BCUT2D eigenvalue weighted by molar-refractivity contribution is 8.01. The number of anilines is 2. The van der Waals surface area contributed by atoms with Crippen molar-refractivity contribution in [1.29, 1.82) is 0 Å². The van der Waals surface area contributed by atoms with Crippen LogP contribution in [-0.2, 0) is 9.59 Å². The molecular weight excluding hydrogens is 380 g/mol. The molecule has 3 rings (SSSR count). The zero-order chi connectivity index (χ0) is 20.1. The van der Waals surface area contributed by atoms with Crippen LogP contribution in [0.15, 0.2) is 34.9 Å². The molecule has 1 aromatic carbocycles. The van der Waals surface area contributed by atoms with Gasteiger partial charge in [-0.25, -0.2) is 0 Å². The Kier molecular flexibility index (Phi) is 6.35. The predicted octanol–water partition coefficient (Wildman–Crippen LogP) is 2.57.